The van der Waals surface area contributed by atoms with Crippen molar-refractivity contribution in [1.82, 2.24) is 0 Å². The summed E-state index contributed by atoms with van der Waals surface area (Å²) in [5.41, 5.74) is 1.46. The Morgan fingerprint density at radius 3 is 1.97 bits per heavy atom. The minimum absolute atomic E-state index is 0.0504. The maximum Gasteiger partial charge on any atom is 0.330 e. The van der Waals surface area contributed by atoms with E-state index in [0.29, 0.717) is 26.7 Å². The van der Waals surface area contributed by atoms with Crippen molar-refractivity contribution in [3.05, 3.63) is 106 Å². The van der Waals surface area contributed by atoms with Crippen molar-refractivity contribution >= 4 is 41.6 Å². The second kappa shape index (κ2) is 12.7. The van der Waals surface area contributed by atoms with Crippen LogP contribution >= 0.6 is 23.2 Å². The van der Waals surface area contributed by atoms with E-state index < -0.39 is 18.1 Å². The molecule has 3 aromatic rings. The Kier molecular flexibility index (Phi) is 9.47. The Hall–Kier alpha value is -3.61. The number of hydrogen-bond donors (Lipinski definition) is 2. The standard InChI is InChI=1S/C27H24Cl2N2O4/c1-2-35-25(34)15-14-22(30-16-18-8-3-5-12-23(18)32)27(26-20(28)10-7-11-21(26)29)31-17-19-9-4-6-13-24(19)33/h3-17,22,27,32-33H,2H2,1H3/b15-14+,30-16?,31-17?/t22-,27+/m0/s1. The number of aliphatic imine (C=N–C) groups is 2. The van der Waals surface area contributed by atoms with Gasteiger partial charge in [0.15, 0.2) is 0 Å². The lowest BCUT2D eigenvalue weighted by atomic mass is 9.99. The molecule has 0 amide bonds. The fourth-order valence-electron chi connectivity index (χ4n) is 3.25. The van der Waals surface area contributed by atoms with E-state index in [4.69, 9.17) is 27.9 Å². The Balaban J connectivity index is 2.12. The van der Waals surface area contributed by atoms with Crippen LogP contribution in [0.4, 0.5) is 0 Å². The Morgan fingerprint density at radius 1 is 0.886 bits per heavy atom. The van der Waals surface area contributed by atoms with Crippen LogP contribution in [0.5, 0.6) is 11.5 Å². The number of phenolic OH excluding ortho intramolecular Hbond substituents is 2. The number of nitrogens with zero attached hydrogens (tertiary/aromatic N) is 2. The van der Waals surface area contributed by atoms with E-state index in [1.807, 2.05) is 0 Å². The van der Waals surface area contributed by atoms with Crippen molar-refractivity contribution in [2.24, 2.45) is 9.98 Å². The summed E-state index contributed by atoms with van der Waals surface area (Å²) >= 11 is 13.0. The first-order valence-electron chi connectivity index (χ1n) is 10.8. The molecular weight excluding hydrogens is 487 g/mol. The monoisotopic (exact) mass is 510 g/mol. The van der Waals surface area contributed by atoms with Gasteiger partial charge >= 0.3 is 5.97 Å². The van der Waals surface area contributed by atoms with Gasteiger partial charge in [0.2, 0.25) is 0 Å². The van der Waals surface area contributed by atoms with Gasteiger partial charge in [-0.2, -0.15) is 0 Å². The number of halogens is 2. The van der Waals surface area contributed by atoms with Crippen LogP contribution in [-0.4, -0.2) is 41.3 Å². The first-order valence-corrected chi connectivity index (χ1v) is 11.6. The van der Waals surface area contributed by atoms with Crippen LogP contribution in [0.25, 0.3) is 0 Å². The topological polar surface area (TPSA) is 91.5 Å². The van der Waals surface area contributed by atoms with E-state index in [2.05, 4.69) is 9.98 Å². The molecule has 3 aromatic carbocycles. The van der Waals surface area contributed by atoms with Gasteiger partial charge in [-0.15, -0.1) is 0 Å². The lowest BCUT2D eigenvalue weighted by Crippen LogP contribution is -2.16. The average molecular weight is 511 g/mol. The summed E-state index contributed by atoms with van der Waals surface area (Å²) in [4.78, 5) is 21.3. The number of aromatic hydroxyl groups is 2. The largest absolute Gasteiger partial charge is 0.507 e. The molecule has 0 saturated carbocycles. The summed E-state index contributed by atoms with van der Waals surface area (Å²) in [6, 6.07) is 17.0. The van der Waals surface area contributed by atoms with Gasteiger partial charge in [-0.3, -0.25) is 9.98 Å². The van der Waals surface area contributed by atoms with E-state index in [1.54, 1.807) is 79.7 Å². The predicted molar refractivity (Wildman–Crippen MR) is 140 cm³/mol. The van der Waals surface area contributed by atoms with Gasteiger partial charge in [0.25, 0.3) is 0 Å². The molecule has 3 rings (SSSR count). The number of esters is 1. The number of carbonyl (C=O) groups excluding carboxylic acids is 1. The summed E-state index contributed by atoms with van der Waals surface area (Å²) < 4.78 is 5.01. The third kappa shape index (κ3) is 7.18. The van der Waals surface area contributed by atoms with Crippen molar-refractivity contribution in [2.45, 2.75) is 19.0 Å². The molecule has 0 heterocycles. The van der Waals surface area contributed by atoms with Crippen LogP contribution in [0, 0.1) is 0 Å². The number of carbonyl (C=O) groups is 1. The normalized spacial score (nSPS) is 13.5. The fourth-order valence-corrected chi connectivity index (χ4v) is 3.87. The lowest BCUT2D eigenvalue weighted by molar-refractivity contribution is -0.137. The maximum absolute atomic E-state index is 12.1. The third-order valence-corrected chi connectivity index (χ3v) is 5.63. The molecule has 0 aromatic heterocycles. The summed E-state index contributed by atoms with van der Waals surface area (Å²) in [6.45, 7) is 1.93. The SMILES string of the molecule is CCOC(=O)/C=C/[C@H](N=Cc1ccccc1O)[C@@H](N=Cc1ccccc1O)c1c(Cl)cccc1Cl. The molecular formula is C27H24Cl2N2O4. The van der Waals surface area contributed by atoms with E-state index in [1.165, 1.54) is 18.5 Å². The van der Waals surface area contributed by atoms with Crippen molar-refractivity contribution < 1.29 is 19.7 Å². The quantitative estimate of drug-likeness (QED) is 0.204. The molecule has 0 aliphatic carbocycles. The zero-order valence-electron chi connectivity index (χ0n) is 18.9. The van der Waals surface area contributed by atoms with Crippen molar-refractivity contribution in [3.8, 4) is 11.5 Å². The van der Waals surface area contributed by atoms with Gasteiger partial charge in [0.1, 0.15) is 17.5 Å². The van der Waals surface area contributed by atoms with Crippen LogP contribution in [0.2, 0.25) is 10.0 Å². The van der Waals surface area contributed by atoms with Gasteiger partial charge in [-0.25, -0.2) is 4.79 Å². The molecule has 0 aliphatic heterocycles. The van der Waals surface area contributed by atoms with Crippen molar-refractivity contribution in [1.29, 1.82) is 0 Å². The maximum atomic E-state index is 12.1. The first-order chi connectivity index (χ1) is 16.9. The lowest BCUT2D eigenvalue weighted by Gasteiger charge is -2.21. The molecule has 6 nitrogen and oxygen atoms in total. The second-order valence-electron chi connectivity index (χ2n) is 7.36. The molecule has 0 aliphatic rings. The Labute approximate surface area is 213 Å². The average Bonchev–Trinajstić information content (AvgIpc) is 2.83. The Bertz CT molecular complexity index is 1240. The Morgan fingerprint density at radius 2 is 1.43 bits per heavy atom. The second-order valence-corrected chi connectivity index (χ2v) is 8.17. The molecule has 180 valence electrons. The first kappa shape index (κ1) is 26.0. The van der Waals surface area contributed by atoms with Gasteiger partial charge < -0.3 is 14.9 Å². The van der Waals surface area contributed by atoms with Crippen LogP contribution in [0.3, 0.4) is 0 Å². The predicted octanol–water partition coefficient (Wildman–Crippen LogP) is 6.17. The molecule has 0 bridgehead atoms. The summed E-state index contributed by atoms with van der Waals surface area (Å²) in [5.74, 6) is -0.435. The highest BCUT2D eigenvalue weighted by Crippen LogP contribution is 2.36. The zero-order chi connectivity index (χ0) is 25.2. The summed E-state index contributed by atoms with van der Waals surface area (Å²) in [6.07, 6.45) is 5.80. The molecule has 0 radical (unpaired) electrons. The molecule has 35 heavy (non-hydrogen) atoms. The number of phenols is 2. The number of hydrogen-bond acceptors (Lipinski definition) is 6. The number of benzene rings is 3. The molecule has 0 unspecified atom stereocenters. The van der Waals surface area contributed by atoms with Gasteiger partial charge in [-0.05, 0) is 43.3 Å². The van der Waals surface area contributed by atoms with Crippen LogP contribution < -0.4 is 0 Å². The van der Waals surface area contributed by atoms with Gasteiger partial charge in [0.05, 0.1) is 12.6 Å². The summed E-state index contributed by atoms with van der Waals surface area (Å²) in [7, 11) is 0. The van der Waals surface area contributed by atoms with Gasteiger partial charge in [-0.1, -0.05) is 59.6 Å². The van der Waals surface area contributed by atoms with E-state index in [0.717, 1.165) is 0 Å². The van der Waals surface area contributed by atoms with E-state index in [-0.39, 0.29) is 18.1 Å². The van der Waals surface area contributed by atoms with Crippen LogP contribution in [0.1, 0.15) is 29.7 Å². The highest BCUT2D eigenvalue weighted by Gasteiger charge is 2.25. The van der Waals surface area contributed by atoms with E-state index in [9.17, 15) is 15.0 Å². The van der Waals surface area contributed by atoms with Crippen molar-refractivity contribution in [2.75, 3.05) is 6.61 Å². The fraction of sp³-hybridized carbons (Fsp3) is 0.148. The molecule has 0 fully saturated rings. The van der Waals surface area contributed by atoms with Crippen LogP contribution in [-0.2, 0) is 9.53 Å². The minimum atomic E-state index is -0.774. The highest BCUT2D eigenvalue weighted by atomic mass is 35.5. The van der Waals surface area contributed by atoms with Crippen LogP contribution in [0.15, 0.2) is 88.9 Å². The molecule has 8 heteroatoms. The van der Waals surface area contributed by atoms with Gasteiger partial charge in [0, 0.05) is 45.2 Å². The molecule has 2 atom stereocenters. The van der Waals surface area contributed by atoms with Crippen molar-refractivity contribution in [3.63, 3.8) is 0 Å². The highest BCUT2D eigenvalue weighted by molar-refractivity contribution is 6.36. The zero-order valence-corrected chi connectivity index (χ0v) is 20.4. The van der Waals surface area contributed by atoms with E-state index >= 15 is 0 Å². The summed E-state index contributed by atoms with van der Waals surface area (Å²) in [5, 5.41) is 21.1. The number of para-hydroxylation sites is 2. The third-order valence-electron chi connectivity index (χ3n) is 4.97. The molecule has 0 saturated heterocycles. The minimum Gasteiger partial charge on any atom is -0.507 e. The number of ether oxygens (including phenoxy) is 1. The number of rotatable bonds is 9. The smallest absolute Gasteiger partial charge is 0.330 e. The molecule has 2 N–H and O–H groups in total. The molecule has 0 spiro atoms.